The monoisotopic (exact) mass is 474 g/mol. The lowest BCUT2D eigenvalue weighted by atomic mass is 10.1. The van der Waals surface area contributed by atoms with Gasteiger partial charge in [0.2, 0.25) is 11.2 Å². The maximum absolute atomic E-state index is 13.3. The van der Waals surface area contributed by atoms with Crippen LogP contribution in [0.4, 0.5) is 0 Å². The summed E-state index contributed by atoms with van der Waals surface area (Å²) in [6, 6.07) is 15.6. The maximum Gasteiger partial charge on any atom is 0.235 e. The average Bonchev–Trinajstić information content (AvgIpc) is 2.75. The van der Waals surface area contributed by atoms with Crippen LogP contribution in [0.25, 0.3) is 22.3 Å². The number of methoxy groups -OCH3 is 1. The molecule has 0 amide bonds. The second-order valence-electron chi connectivity index (χ2n) is 6.94. The van der Waals surface area contributed by atoms with E-state index >= 15 is 0 Å². The van der Waals surface area contributed by atoms with Gasteiger partial charge in [-0.05, 0) is 61.0 Å². The lowest BCUT2D eigenvalue weighted by Gasteiger charge is -2.13. The summed E-state index contributed by atoms with van der Waals surface area (Å²) in [6.45, 7) is 1.91. The van der Waals surface area contributed by atoms with Gasteiger partial charge in [-0.15, -0.1) is 0 Å². The van der Waals surface area contributed by atoms with Gasteiger partial charge in [0.05, 0.1) is 12.5 Å². The molecule has 0 radical (unpaired) electrons. The Morgan fingerprint density at radius 1 is 0.935 bits per heavy atom. The van der Waals surface area contributed by atoms with Crippen LogP contribution in [0.3, 0.4) is 0 Å². The van der Waals surface area contributed by atoms with Crippen molar-refractivity contribution in [2.24, 2.45) is 0 Å². The van der Waals surface area contributed by atoms with E-state index < -0.39 is 0 Å². The quantitative estimate of drug-likeness (QED) is 0.303. The second kappa shape index (κ2) is 8.83. The Bertz CT molecular complexity index is 1330. The molecule has 0 saturated heterocycles. The third kappa shape index (κ3) is 4.38. The first kappa shape index (κ1) is 21.6. The van der Waals surface area contributed by atoms with Gasteiger partial charge in [-0.3, -0.25) is 4.79 Å². The molecule has 4 nitrogen and oxygen atoms in total. The minimum absolute atomic E-state index is 0.0645. The van der Waals surface area contributed by atoms with Crippen LogP contribution in [-0.2, 0) is 6.61 Å². The van der Waals surface area contributed by atoms with Crippen molar-refractivity contribution >= 4 is 45.8 Å². The largest absolute Gasteiger partial charge is 0.497 e. The van der Waals surface area contributed by atoms with Gasteiger partial charge in [-0.2, -0.15) is 0 Å². The van der Waals surface area contributed by atoms with E-state index in [4.69, 9.17) is 48.7 Å². The minimum Gasteiger partial charge on any atom is -0.497 e. The van der Waals surface area contributed by atoms with Crippen molar-refractivity contribution in [3.05, 3.63) is 91.0 Å². The fourth-order valence-electron chi connectivity index (χ4n) is 3.15. The molecule has 1 heterocycles. The van der Waals surface area contributed by atoms with Gasteiger partial charge in [0.1, 0.15) is 17.9 Å². The Balaban J connectivity index is 1.86. The molecule has 7 heteroatoms. The zero-order valence-corrected chi connectivity index (χ0v) is 18.9. The Hall–Kier alpha value is -2.66. The fraction of sp³-hybridized carbons (Fsp3) is 0.125. The molecule has 0 aliphatic heterocycles. The van der Waals surface area contributed by atoms with Crippen LogP contribution in [0.1, 0.15) is 11.1 Å². The van der Waals surface area contributed by atoms with Gasteiger partial charge in [0.25, 0.3) is 0 Å². The van der Waals surface area contributed by atoms with E-state index in [9.17, 15) is 4.79 Å². The Labute approximate surface area is 193 Å². The number of ether oxygens (including phenoxy) is 2. The molecule has 158 valence electrons. The third-order valence-corrected chi connectivity index (χ3v) is 5.86. The number of hydrogen-bond donors (Lipinski definition) is 0. The number of benzene rings is 3. The van der Waals surface area contributed by atoms with Crippen LogP contribution in [0, 0.1) is 6.92 Å². The second-order valence-corrected chi connectivity index (χ2v) is 8.19. The number of aryl methyl sites for hydroxylation is 1. The van der Waals surface area contributed by atoms with E-state index in [-0.39, 0.29) is 17.8 Å². The first-order valence-electron chi connectivity index (χ1n) is 9.35. The van der Waals surface area contributed by atoms with Crippen LogP contribution >= 0.6 is 34.8 Å². The molecule has 0 aliphatic carbocycles. The van der Waals surface area contributed by atoms with Gasteiger partial charge >= 0.3 is 0 Å². The first-order valence-corrected chi connectivity index (χ1v) is 10.5. The molecule has 3 aromatic carbocycles. The number of fused-ring (bicyclic) bond motifs is 1. The topological polar surface area (TPSA) is 48.7 Å². The van der Waals surface area contributed by atoms with Crippen molar-refractivity contribution in [1.82, 2.24) is 0 Å². The van der Waals surface area contributed by atoms with Crippen LogP contribution in [0.5, 0.6) is 11.5 Å². The van der Waals surface area contributed by atoms with Crippen molar-refractivity contribution in [3.63, 3.8) is 0 Å². The normalized spacial score (nSPS) is 11.0. The van der Waals surface area contributed by atoms with Gasteiger partial charge in [-0.1, -0.05) is 40.9 Å². The van der Waals surface area contributed by atoms with Crippen molar-refractivity contribution in [3.8, 4) is 22.8 Å². The smallest absolute Gasteiger partial charge is 0.235 e. The highest BCUT2D eigenvalue weighted by molar-refractivity contribution is 6.35. The Morgan fingerprint density at radius 3 is 2.35 bits per heavy atom. The Kier molecular flexibility index (Phi) is 6.15. The zero-order chi connectivity index (χ0) is 22.1. The van der Waals surface area contributed by atoms with Crippen LogP contribution in [0.15, 0.2) is 63.8 Å². The fourth-order valence-corrected chi connectivity index (χ4v) is 3.78. The highest BCUT2D eigenvalue weighted by atomic mass is 35.5. The average molecular weight is 476 g/mol. The lowest BCUT2D eigenvalue weighted by Crippen LogP contribution is -2.10. The van der Waals surface area contributed by atoms with Crippen molar-refractivity contribution in [1.29, 1.82) is 0 Å². The molecule has 0 fully saturated rings. The summed E-state index contributed by atoms with van der Waals surface area (Å²) in [7, 11) is 1.59. The number of hydrogen-bond acceptors (Lipinski definition) is 4. The van der Waals surface area contributed by atoms with E-state index in [2.05, 4.69) is 0 Å². The molecule has 4 aromatic rings. The lowest BCUT2D eigenvalue weighted by molar-refractivity contribution is 0.298. The molecule has 4 rings (SSSR count). The molecule has 0 N–H and O–H groups in total. The standard InChI is InChI=1S/C24H17Cl3O4/c1-13-9-21-18(11-19(13)26)22(28)24(30-12-15-3-6-16(25)10-20(15)27)23(31-21)14-4-7-17(29-2)8-5-14/h3-11H,12H2,1-2H3. The number of rotatable bonds is 5. The van der Waals surface area contributed by atoms with Gasteiger partial charge in [-0.25, -0.2) is 0 Å². The Morgan fingerprint density at radius 2 is 1.68 bits per heavy atom. The van der Waals surface area contributed by atoms with Gasteiger partial charge in [0.15, 0.2) is 5.76 Å². The third-order valence-electron chi connectivity index (χ3n) is 4.87. The minimum atomic E-state index is -0.320. The molecule has 0 spiro atoms. The summed E-state index contributed by atoms with van der Waals surface area (Å²) < 4.78 is 17.3. The molecule has 0 saturated carbocycles. The van der Waals surface area contributed by atoms with E-state index in [1.54, 1.807) is 61.7 Å². The highest BCUT2D eigenvalue weighted by Crippen LogP contribution is 2.34. The molecule has 1 aromatic heterocycles. The molecular formula is C24H17Cl3O4. The zero-order valence-electron chi connectivity index (χ0n) is 16.7. The highest BCUT2D eigenvalue weighted by Gasteiger charge is 2.19. The number of halogens is 3. The molecule has 0 unspecified atom stereocenters. The SMILES string of the molecule is COc1ccc(-c2oc3cc(C)c(Cl)cc3c(=O)c2OCc2ccc(Cl)cc2Cl)cc1. The van der Waals surface area contributed by atoms with Crippen LogP contribution < -0.4 is 14.9 Å². The van der Waals surface area contributed by atoms with E-state index in [1.807, 2.05) is 6.92 Å². The summed E-state index contributed by atoms with van der Waals surface area (Å²) in [5.41, 5.74) is 2.27. The summed E-state index contributed by atoms with van der Waals surface area (Å²) >= 11 is 18.5. The molecule has 31 heavy (non-hydrogen) atoms. The molecule has 0 bridgehead atoms. The van der Waals surface area contributed by atoms with Gasteiger partial charge in [0, 0.05) is 26.2 Å². The first-order chi connectivity index (χ1) is 14.9. The van der Waals surface area contributed by atoms with Crippen LogP contribution in [0.2, 0.25) is 15.1 Å². The predicted molar refractivity (Wildman–Crippen MR) is 125 cm³/mol. The van der Waals surface area contributed by atoms with E-state index in [0.29, 0.717) is 48.7 Å². The molecule has 0 atom stereocenters. The summed E-state index contributed by atoms with van der Waals surface area (Å²) in [5, 5.41) is 1.78. The van der Waals surface area contributed by atoms with E-state index in [1.165, 1.54) is 0 Å². The predicted octanol–water partition coefficient (Wildman–Crippen LogP) is 7.32. The van der Waals surface area contributed by atoms with Crippen LogP contribution in [-0.4, -0.2) is 7.11 Å². The van der Waals surface area contributed by atoms with Crippen molar-refractivity contribution in [2.45, 2.75) is 13.5 Å². The van der Waals surface area contributed by atoms with Crippen molar-refractivity contribution in [2.75, 3.05) is 7.11 Å². The summed E-state index contributed by atoms with van der Waals surface area (Å²) in [4.78, 5) is 13.3. The summed E-state index contributed by atoms with van der Waals surface area (Å²) in [5.74, 6) is 1.07. The maximum atomic E-state index is 13.3. The van der Waals surface area contributed by atoms with Crippen molar-refractivity contribution < 1.29 is 13.9 Å². The molecule has 0 aliphatic rings. The van der Waals surface area contributed by atoms with E-state index in [0.717, 1.165) is 5.56 Å². The summed E-state index contributed by atoms with van der Waals surface area (Å²) in [6.07, 6.45) is 0. The molecular weight excluding hydrogens is 459 g/mol. The van der Waals surface area contributed by atoms with Gasteiger partial charge < -0.3 is 13.9 Å².